The number of rotatable bonds is 2. The molecule has 2 aliphatic rings. The van der Waals surface area contributed by atoms with Crippen molar-refractivity contribution < 1.29 is 9.59 Å². The number of nitriles is 1. The van der Waals surface area contributed by atoms with Gasteiger partial charge in [0.2, 0.25) is 11.8 Å². The molecule has 2 amide bonds. The van der Waals surface area contributed by atoms with Crippen LogP contribution in [0.3, 0.4) is 0 Å². The molecule has 0 aromatic carbocycles. The lowest BCUT2D eigenvalue weighted by Gasteiger charge is -2.34. The predicted octanol–water partition coefficient (Wildman–Crippen LogP) is 0.615. The third kappa shape index (κ3) is 2.13. The Morgan fingerprint density at radius 3 is 2.11 bits per heavy atom. The van der Waals surface area contributed by atoms with Crippen molar-refractivity contribution in [1.82, 2.24) is 9.80 Å². The van der Waals surface area contributed by atoms with E-state index in [4.69, 9.17) is 5.26 Å². The van der Waals surface area contributed by atoms with Crippen molar-refractivity contribution in [1.29, 1.82) is 5.26 Å². The molecule has 5 nitrogen and oxygen atoms in total. The van der Waals surface area contributed by atoms with Crippen LogP contribution in [0.25, 0.3) is 0 Å². The molecule has 2 atom stereocenters. The number of hydrogen-bond acceptors (Lipinski definition) is 4. The summed E-state index contributed by atoms with van der Waals surface area (Å²) in [5, 5.41) is 8.64. The van der Waals surface area contributed by atoms with Crippen LogP contribution in [-0.2, 0) is 9.59 Å². The van der Waals surface area contributed by atoms with Crippen molar-refractivity contribution in [2.45, 2.75) is 32.7 Å². The van der Waals surface area contributed by atoms with Gasteiger partial charge >= 0.3 is 0 Å². The highest BCUT2D eigenvalue weighted by Gasteiger charge is 2.45. The molecule has 5 heteroatoms. The van der Waals surface area contributed by atoms with Gasteiger partial charge in [-0.25, -0.2) is 0 Å². The summed E-state index contributed by atoms with van der Waals surface area (Å²) < 4.78 is 0. The van der Waals surface area contributed by atoms with Crippen LogP contribution < -0.4 is 0 Å². The summed E-state index contributed by atoms with van der Waals surface area (Å²) in [5.74, 6) is -0.415. The van der Waals surface area contributed by atoms with E-state index in [9.17, 15) is 9.59 Å². The summed E-state index contributed by atoms with van der Waals surface area (Å²) in [7, 11) is 0. The Hall–Kier alpha value is -1.41. The maximum Gasteiger partial charge on any atom is 0.233 e. The molecule has 2 heterocycles. The van der Waals surface area contributed by atoms with Crippen LogP contribution >= 0.6 is 0 Å². The number of likely N-dealkylation sites (tertiary alicyclic amines) is 2. The lowest BCUT2D eigenvalue weighted by molar-refractivity contribution is -0.143. The van der Waals surface area contributed by atoms with Gasteiger partial charge in [0.15, 0.2) is 0 Å². The number of carbonyl (C=O) groups is 2. The van der Waals surface area contributed by atoms with Crippen molar-refractivity contribution in [3.63, 3.8) is 0 Å². The number of piperidine rings is 1. The minimum atomic E-state index is -0.186. The summed E-state index contributed by atoms with van der Waals surface area (Å²) in [5.41, 5.74) is 0. The lowest BCUT2D eigenvalue weighted by atomic mass is 10.00. The molecular weight excluding hydrogens is 230 g/mol. The van der Waals surface area contributed by atoms with Gasteiger partial charge in [-0.05, 0) is 12.8 Å². The van der Waals surface area contributed by atoms with Crippen LogP contribution in [-0.4, -0.2) is 47.3 Å². The molecule has 0 spiro atoms. The number of carbonyl (C=O) groups excluding carboxylic acids is 2. The minimum Gasteiger partial charge on any atom is -0.290 e. The maximum absolute atomic E-state index is 12.1. The quantitative estimate of drug-likeness (QED) is 0.531. The van der Waals surface area contributed by atoms with Crippen LogP contribution in [0, 0.1) is 23.2 Å². The van der Waals surface area contributed by atoms with E-state index in [2.05, 4.69) is 11.0 Å². The normalized spacial score (nSPS) is 30.8. The molecule has 18 heavy (non-hydrogen) atoms. The zero-order valence-electron chi connectivity index (χ0n) is 10.9. The predicted molar refractivity (Wildman–Crippen MR) is 65.3 cm³/mol. The largest absolute Gasteiger partial charge is 0.290 e. The number of imide groups is 1. The fourth-order valence-electron chi connectivity index (χ4n) is 2.77. The smallest absolute Gasteiger partial charge is 0.233 e. The molecule has 0 radical (unpaired) electrons. The zero-order valence-corrected chi connectivity index (χ0v) is 10.9. The molecule has 2 fully saturated rings. The summed E-state index contributed by atoms with van der Waals surface area (Å²) >= 11 is 0. The van der Waals surface area contributed by atoms with Gasteiger partial charge in [0.05, 0.1) is 12.6 Å². The van der Waals surface area contributed by atoms with Gasteiger partial charge in [0.25, 0.3) is 0 Å². The standard InChI is InChI=1S/C13H19N3O2/c1-9-10(2)13(18)16(12(9)17)11-3-6-15(7-4-11)8-5-14/h9-11H,3-4,6-8H2,1-2H3. The van der Waals surface area contributed by atoms with Crippen LogP contribution in [0.5, 0.6) is 0 Å². The van der Waals surface area contributed by atoms with Crippen LogP contribution in [0.4, 0.5) is 0 Å². The molecule has 0 N–H and O–H groups in total. The van der Waals surface area contributed by atoms with Crippen LogP contribution in [0.1, 0.15) is 26.7 Å². The Morgan fingerprint density at radius 1 is 1.17 bits per heavy atom. The first-order valence-corrected chi connectivity index (χ1v) is 6.52. The molecule has 2 unspecified atom stereocenters. The number of amides is 2. The Morgan fingerprint density at radius 2 is 1.67 bits per heavy atom. The second-order valence-corrected chi connectivity index (χ2v) is 5.29. The second kappa shape index (κ2) is 5.07. The average Bonchev–Trinajstić information content (AvgIpc) is 2.56. The highest BCUT2D eigenvalue weighted by molar-refractivity contribution is 6.05. The third-order valence-electron chi connectivity index (χ3n) is 4.22. The molecule has 0 aromatic rings. The van der Waals surface area contributed by atoms with Crippen molar-refractivity contribution in [2.24, 2.45) is 11.8 Å². The average molecular weight is 249 g/mol. The summed E-state index contributed by atoms with van der Waals surface area (Å²) in [6.07, 6.45) is 1.58. The fourth-order valence-corrected chi connectivity index (χ4v) is 2.77. The van der Waals surface area contributed by atoms with E-state index in [1.54, 1.807) is 0 Å². The first kappa shape index (κ1) is 13.0. The van der Waals surface area contributed by atoms with Gasteiger partial charge in [0.1, 0.15) is 0 Å². The van der Waals surface area contributed by atoms with E-state index in [-0.39, 0.29) is 29.7 Å². The number of hydrogen-bond donors (Lipinski definition) is 0. The Kier molecular flexibility index (Phi) is 3.67. The first-order chi connectivity index (χ1) is 8.56. The lowest BCUT2D eigenvalue weighted by Crippen LogP contribution is -2.47. The van der Waals surface area contributed by atoms with Crippen molar-refractivity contribution in [2.75, 3.05) is 19.6 Å². The van der Waals surface area contributed by atoms with E-state index in [1.807, 2.05) is 13.8 Å². The molecule has 0 bridgehead atoms. The molecular formula is C13H19N3O2. The molecule has 2 saturated heterocycles. The molecule has 0 saturated carbocycles. The Labute approximate surface area is 107 Å². The second-order valence-electron chi connectivity index (χ2n) is 5.29. The molecule has 0 aromatic heterocycles. The van der Waals surface area contributed by atoms with Gasteiger partial charge in [-0.3, -0.25) is 19.4 Å². The van der Waals surface area contributed by atoms with E-state index in [0.717, 1.165) is 25.9 Å². The Bertz CT molecular complexity index is 374. The van der Waals surface area contributed by atoms with Crippen molar-refractivity contribution >= 4 is 11.8 Å². The van der Waals surface area contributed by atoms with Gasteiger partial charge in [-0.1, -0.05) is 13.8 Å². The van der Waals surface area contributed by atoms with Gasteiger partial charge in [0, 0.05) is 31.0 Å². The summed E-state index contributed by atoms with van der Waals surface area (Å²) in [6.45, 7) is 5.67. The fraction of sp³-hybridized carbons (Fsp3) is 0.769. The maximum atomic E-state index is 12.1. The molecule has 2 rings (SSSR count). The van der Waals surface area contributed by atoms with Crippen LogP contribution in [0.2, 0.25) is 0 Å². The van der Waals surface area contributed by atoms with Gasteiger partial charge in [-0.2, -0.15) is 5.26 Å². The Balaban J connectivity index is 2.00. The van der Waals surface area contributed by atoms with Gasteiger partial charge < -0.3 is 0 Å². The minimum absolute atomic E-state index is 0.0220. The van der Waals surface area contributed by atoms with Crippen molar-refractivity contribution in [3.05, 3.63) is 0 Å². The monoisotopic (exact) mass is 249 g/mol. The number of nitrogens with zero attached hydrogens (tertiary/aromatic N) is 3. The van der Waals surface area contributed by atoms with E-state index < -0.39 is 0 Å². The molecule has 98 valence electrons. The molecule has 2 aliphatic heterocycles. The summed E-state index contributed by atoms with van der Waals surface area (Å²) in [4.78, 5) is 27.7. The van der Waals surface area contributed by atoms with Gasteiger partial charge in [-0.15, -0.1) is 0 Å². The first-order valence-electron chi connectivity index (χ1n) is 6.52. The SMILES string of the molecule is CC1C(=O)N(C2CCN(CC#N)CC2)C(=O)C1C. The summed E-state index contributed by atoms with van der Waals surface area (Å²) in [6, 6.07) is 2.17. The van der Waals surface area contributed by atoms with Crippen molar-refractivity contribution in [3.8, 4) is 6.07 Å². The van der Waals surface area contributed by atoms with E-state index in [1.165, 1.54) is 4.90 Å². The van der Waals surface area contributed by atoms with Crippen LogP contribution in [0.15, 0.2) is 0 Å². The zero-order chi connectivity index (χ0) is 13.3. The van der Waals surface area contributed by atoms with E-state index in [0.29, 0.717) is 6.54 Å². The topological polar surface area (TPSA) is 64.4 Å². The highest BCUT2D eigenvalue weighted by Crippen LogP contribution is 2.30. The highest BCUT2D eigenvalue weighted by atomic mass is 16.2. The van der Waals surface area contributed by atoms with E-state index >= 15 is 0 Å². The molecule has 0 aliphatic carbocycles. The third-order valence-corrected chi connectivity index (χ3v) is 4.22.